The lowest BCUT2D eigenvalue weighted by atomic mass is 9.85. The van der Waals surface area contributed by atoms with Gasteiger partial charge in [-0.25, -0.2) is 4.58 Å². The topological polar surface area (TPSA) is 18.8 Å². The zero-order valence-electron chi connectivity index (χ0n) is 11.9. The standard InChI is InChI=1S/C17H19BrN2/c1-2-11-4-3-8-20-9-7-13-14-10-12(18)5-6-15(14)19-16(13)17(11)20/h5-6,10-11H,2-4,7-9H2,1H3/p+1. The molecule has 1 unspecified atom stereocenters. The van der Waals surface area contributed by atoms with Crippen LogP contribution in [0.5, 0.6) is 0 Å². The van der Waals surface area contributed by atoms with Gasteiger partial charge in [0.25, 0.3) is 0 Å². The molecule has 3 heteroatoms. The molecular weight excluding hydrogens is 312 g/mol. The maximum atomic E-state index is 3.71. The summed E-state index contributed by atoms with van der Waals surface area (Å²) in [7, 11) is 0. The molecule has 1 atom stereocenters. The fourth-order valence-corrected chi connectivity index (χ4v) is 4.34. The molecule has 0 amide bonds. The van der Waals surface area contributed by atoms with Crippen LogP contribution in [0.25, 0.3) is 10.9 Å². The first-order valence-electron chi connectivity index (χ1n) is 7.70. The Kier molecular flexibility index (Phi) is 2.99. The minimum atomic E-state index is 0.735. The second kappa shape index (κ2) is 4.73. The minimum absolute atomic E-state index is 0.735. The van der Waals surface area contributed by atoms with Crippen LogP contribution in [0, 0.1) is 5.92 Å². The summed E-state index contributed by atoms with van der Waals surface area (Å²) in [6, 6.07) is 6.60. The van der Waals surface area contributed by atoms with Crippen molar-refractivity contribution >= 4 is 32.5 Å². The normalized spacial score (nSPS) is 22.0. The minimum Gasteiger partial charge on any atom is -0.350 e. The number of halogens is 1. The molecule has 0 fully saturated rings. The number of aromatic nitrogens is 1. The lowest BCUT2D eigenvalue weighted by molar-refractivity contribution is -0.535. The van der Waals surface area contributed by atoms with Gasteiger partial charge in [0.15, 0.2) is 0 Å². The van der Waals surface area contributed by atoms with Gasteiger partial charge in [-0.15, -0.1) is 0 Å². The molecule has 2 aliphatic rings. The third-order valence-corrected chi connectivity index (χ3v) is 5.45. The third kappa shape index (κ3) is 1.79. The number of nitrogens with zero attached hydrogens (tertiary/aromatic N) is 1. The predicted octanol–water partition coefficient (Wildman–Crippen LogP) is 4.11. The Morgan fingerprint density at radius 1 is 1.35 bits per heavy atom. The van der Waals surface area contributed by atoms with E-state index in [-0.39, 0.29) is 0 Å². The van der Waals surface area contributed by atoms with E-state index in [0.717, 1.165) is 5.92 Å². The Morgan fingerprint density at radius 3 is 3.10 bits per heavy atom. The van der Waals surface area contributed by atoms with E-state index in [4.69, 9.17) is 0 Å². The van der Waals surface area contributed by atoms with E-state index in [1.54, 1.807) is 5.71 Å². The molecule has 2 nitrogen and oxygen atoms in total. The Morgan fingerprint density at radius 2 is 2.25 bits per heavy atom. The number of fused-ring (bicyclic) bond motifs is 4. The van der Waals surface area contributed by atoms with E-state index in [2.05, 4.69) is 50.6 Å². The van der Waals surface area contributed by atoms with Crippen molar-refractivity contribution < 1.29 is 4.58 Å². The van der Waals surface area contributed by atoms with Gasteiger partial charge in [-0.05, 0) is 36.6 Å². The monoisotopic (exact) mass is 331 g/mol. The average molecular weight is 332 g/mol. The van der Waals surface area contributed by atoms with Crippen molar-refractivity contribution in [1.82, 2.24) is 4.98 Å². The Bertz CT molecular complexity index is 711. The van der Waals surface area contributed by atoms with Gasteiger partial charge in [0.05, 0.1) is 0 Å². The maximum absolute atomic E-state index is 3.71. The van der Waals surface area contributed by atoms with E-state index >= 15 is 0 Å². The van der Waals surface area contributed by atoms with Crippen molar-refractivity contribution in [2.45, 2.75) is 32.6 Å². The van der Waals surface area contributed by atoms with Gasteiger partial charge in [0.2, 0.25) is 5.71 Å². The highest BCUT2D eigenvalue weighted by atomic mass is 79.9. The molecule has 4 rings (SSSR count). The van der Waals surface area contributed by atoms with E-state index < -0.39 is 0 Å². The second-order valence-corrected chi connectivity index (χ2v) is 6.95. The summed E-state index contributed by atoms with van der Waals surface area (Å²) in [4.78, 5) is 3.71. The Balaban J connectivity index is 1.96. The average Bonchev–Trinajstić information content (AvgIpc) is 2.84. The molecule has 0 saturated heterocycles. The maximum Gasteiger partial charge on any atom is 0.203 e. The lowest BCUT2D eigenvalue weighted by Gasteiger charge is -2.25. The molecule has 104 valence electrons. The quantitative estimate of drug-likeness (QED) is 0.758. The molecule has 1 aromatic heterocycles. The number of benzene rings is 1. The van der Waals surface area contributed by atoms with Crippen LogP contribution in [0.1, 0.15) is 37.4 Å². The SMILES string of the molecule is CCC1CCC[N+]2=C1c1[nH]c3ccc(Br)cc3c1CC2. The number of rotatable bonds is 1. The zero-order chi connectivity index (χ0) is 13.7. The molecule has 1 aromatic carbocycles. The van der Waals surface area contributed by atoms with Crippen LogP contribution in [0.4, 0.5) is 0 Å². The summed E-state index contributed by atoms with van der Waals surface area (Å²) < 4.78 is 3.81. The van der Waals surface area contributed by atoms with Crippen molar-refractivity contribution in [1.29, 1.82) is 0 Å². The van der Waals surface area contributed by atoms with Crippen molar-refractivity contribution in [3.63, 3.8) is 0 Å². The van der Waals surface area contributed by atoms with Gasteiger partial charge in [0, 0.05) is 34.1 Å². The highest BCUT2D eigenvalue weighted by Crippen LogP contribution is 2.33. The molecule has 20 heavy (non-hydrogen) atoms. The van der Waals surface area contributed by atoms with Crippen LogP contribution in [0.3, 0.4) is 0 Å². The van der Waals surface area contributed by atoms with Gasteiger partial charge in [-0.2, -0.15) is 0 Å². The predicted molar refractivity (Wildman–Crippen MR) is 86.8 cm³/mol. The number of nitrogens with one attached hydrogen (secondary N) is 1. The molecule has 0 saturated carbocycles. The van der Waals surface area contributed by atoms with E-state index in [9.17, 15) is 0 Å². The van der Waals surface area contributed by atoms with Crippen molar-refractivity contribution in [2.75, 3.05) is 13.1 Å². The second-order valence-electron chi connectivity index (χ2n) is 6.04. The van der Waals surface area contributed by atoms with Gasteiger partial charge in [-0.1, -0.05) is 22.9 Å². The van der Waals surface area contributed by atoms with E-state index in [0.29, 0.717) is 0 Å². The highest BCUT2D eigenvalue weighted by Gasteiger charge is 2.36. The number of aromatic amines is 1. The van der Waals surface area contributed by atoms with Gasteiger partial charge in [0.1, 0.15) is 18.8 Å². The Labute approximate surface area is 128 Å². The summed E-state index contributed by atoms with van der Waals surface area (Å²) in [6.45, 7) is 4.76. The van der Waals surface area contributed by atoms with Gasteiger partial charge >= 0.3 is 0 Å². The summed E-state index contributed by atoms with van der Waals surface area (Å²) in [5.41, 5.74) is 5.84. The summed E-state index contributed by atoms with van der Waals surface area (Å²) in [6.07, 6.45) is 5.13. The number of hydrogen-bond acceptors (Lipinski definition) is 0. The van der Waals surface area contributed by atoms with E-state index in [1.165, 1.54) is 65.4 Å². The smallest absolute Gasteiger partial charge is 0.203 e. The van der Waals surface area contributed by atoms with Gasteiger partial charge < -0.3 is 4.98 Å². The largest absolute Gasteiger partial charge is 0.350 e. The molecule has 2 aliphatic heterocycles. The first-order chi connectivity index (χ1) is 9.78. The van der Waals surface area contributed by atoms with Crippen LogP contribution in [0.15, 0.2) is 22.7 Å². The van der Waals surface area contributed by atoms with E-state index in [1.807, 2.05) is 0 Å². The fraction of sp³-hybridized carbons (Fsp3) is 0.471. The molecule has 0 spiro atoms. The first-order valence-corrected chi connectivity index (χ1v) is 8.49. The van der Waals surface area contributed by atoms with Crippen LogP contribution in [-0.2, 0) is 6.42 Å². The van der Waals surface area contributed by atoms with Crippen LogP contribution in [-0.4, -0.2) is 28.4 Å². The summed E-state index contributed by atoms with van der Waals surface area (Å²) in [5.74, 6) is 0.735. The molecule has 0 bridgehead atoms. The van der Waals surface area contributed by atoms with Crippen LogP contribution >= 0.6 is 15.9 Å². The molecule has 3 heterocycles. The van der Waals surface area contributed by atoms with Crippen LogP contribution < -0.4 is 0 Å². The molecule has 1 N–H and O–H groups in total. The first kappa shape index (κ1) is 12.6. The zero-order valence-corrected chi connectivity index (χ0v) is 13.5. The highest BCUT2D eigenvalue weighted by molar-refractivity contribution is 9.10. The Hall–Kier alpha value is -1.09. The summed E-state index contributed by atoms with van der Waals surface area (Å²) in [5, 5.41) is 1.40. The van der Waals surface area contributed by atoms with Crippen molar-refractivity contribution in [3.05, 3.63) is 33.9 Å². The molecule has 0 aliphatic carbocycles. The molecule has 0 radical (unpaired) electrons. The van der Waals surface area contributed by atoms with Crippen molar-refractivity contribution in [2.24, 2.45) is 5.92 Å². The number of H-pyrrole nitrogens is 1. The van der Waals surface area contributed by atoms with Crippen molar-refractivity contribution in [3.8, 4) is 0 Å². The molecular formula is C17H20BrN2+. The van der Waals surface area contributed by atoms with Crippen LogP contribution in [0.2, 0.25) is 0 Å². The summed E-state index contributed by atoms with van der Waals surface area (Å²) >= 11 is 3.61. The number of hydrogen-bond donors (Lipinski definition) is 1. The molecule has 2 aromatic rings. The fourth-order valence-electron chi connectivity index (χ4n) is 3.98. The van der Waals surface area contributed by atoms with Gasteiger partial charge in [-0.3, -0.25) is 0 Å². The lowest BCUT2D eigenvalue weighted by Crippen LogP contribution is -2.38. The third-order valence-electron chi connectivity index (χ3n) is 4.96.